The Morgan fingerprint density at radius 2 is 0.650 bits per heavy atom. The van der Waals surface area contributed by atoms with Crippen LogP contribution >= 0.6 is 0 Å². The Labute approximate surface area is 167 Å². The normalized spacial score (nSPS) is 6.60. The van der Waals surface area contributed by atoms with Gasteiger partial charge in [-0.1, -0.05) is 0 Å². The summed E-state index contributed by atoms with van der Waals surface area (Å²) in [6.07, 6.45) is 0. The molecule has 0 aromatic heterocycles. The second kappa shape index (κ2) is 18.2. The van der Waals surface area contributed by atoms with E-state index < -0.39 is 35.8 Å². The topological polar surface area (TPSA) is 227 Å². The average molecular weight is 401 g/mol. The molecule has 0 aliphatic carbocycles. The minimum Gasteiger partial charge on any atom is -0.539 e. The van der Waals surface area contributed by atoms with E-state index >= 15 is 0 Å². The third-order valence-electron chi connectivity index (χ3n) is 0.541. The summed E-state index contributed by atoms with van der Waals surface area (Å²) in [5, 5.41) is 45.9. The molecule has 0 fully saturated rings. The van der Waals surface area contributed by atoms with Crippen LogP contribution in [0.15, 0.2) is 0 Å². The SMILES string of the molecule is O=C(O)C(=O)O.O=C(O)C(=O)O.O=C([O-])C(=O)O.[K+].[Nb]. The van der Waals surface area contributed by atoms with E-state index in [2.05, 4.69) is 0 Å². The summed E-state index contributed by atoms with van der Waals surface area (Å²) >= 11 is 0. The van der Waals surface area contributed by atoms with Crippen molar-refractivity contribution in [3.63, 3.8) is 0 Å². The van der Waals surface area contributed by atoms with Gasteiger partial charge in [0.15, 0.2) is 5.97 Å². The van der Waals surface area contributed by atoms with Crippen LogP contribution in [0.3, 0.4) is 0 Å². The van der Waals surface area contributed by atoms with Crippen molar-refractivity contribution >= 4 is 35.8 Å². The van der Waals surface area contributed by atoms with Crippen molar-refractivity contribution < 1.29 is 133 Å². The van der Waals surface area contributed by atoms with Gasteiger partial charge in [-0.2, -0.15) is 0 Å². The van der Waals surface area contributed by atoms with Gasteiger partial charge in [-0.3, -0.25) is 0 Å². The first-order chi connectivity index (χ1) is 7.93. The van der Waals surface area contributed by atoms with E-state index in [9.17, 15) is 0 Å². The van der Waals surface area contributed by atoms with Crippen molar-refractivity contribution in [1.29, 1.82) is 0 Å². The Balaban J connectivity index is -0.0000000536. The molecule has 107 valence electrons. The number of carboxylic acids is 6. The quantitative estimate of drug-likeness (QED) is 0.188. The summed E-state index contributed by atoms with van der Waals surface area (Å²) in [5.41, 5.74) is 0. The van der Waals surface area contributed by atoms with Gasteiger partial charge in [0.25, 0.3) is 0 Å². The van der Waals surface area contributed by atoms with Crippen molar-refractivity contribution in [3.05, 3.63) is 0 Å². The van der Waals surface area contributed by atoms with Gasteiger partial charge in [0, 0.05) is 22.4 Å². The molecule has 0 bridgehead atoms. The number of hydrogen-bond acceptors (Lipinski definition) is 7. The molecule has 14 heteroatoms. The monoisotopic (exact) mass is 401 g/mol. The fraction of sp³-hybridized carbons (Fsp3) is 0. The Bertz CT molecular complexity index is 283. The summed E-state index contributed by atoms with van der Waals surface area (Å²) in [7, 11) is 0. The van der Waals surface area contributed by atoms with Crippen LogP contribution < -0.4 is 56.5 Å². The summed E-state index contributed by atoms with van der Waals surface area (Å²) < 4.78 is 0. The van der Waals surface area contributed by atoms with Gasteiger partial charge in [-0.15, -0.1) is 0 Å². The molecular weight excluding hydrogens is 396 g/mol. The van der Waals surface area contributed by atoms with E-state index in [0.717, 1.165) is 0 Å². The number of carbonyl (C=O) groups excluding carboxylic acids is 1. The Morgan fingerprint density at radius 1 is 0.550 bits per heavy atom. The molecular formula is C6H5KNbO12. The number of carboxylic acid groups (broad SMARTS) is 6. The van der Waals surface area contributed by atoms with E-state index in [1.807, 2.05) is 0 Å². The molecule has 0 aliphatic heterocycles. The fourth-order valence-electron chi connectivity index (χ4n) is 0. The van der Waals surface area contributed by atoms with Gasteiger partial charge in [0.05, 0.1) is 0 Å². The maximum Gasteiger partial charge on any atom is 1.00 e. The molecule has 12 nitrogen and oxygen atoms in total. The molecule has 0 saturated heterocycles. The van der Waals surface area contributed by atoms with Gasteiger partial charge in [0.2, 0.25) is 0 Å². The van der Waals surface area contributed by atoms with E-state index in [-0.39, 0.29) is 73.8 Å². The predicted octanol–water partition coefficient (Wildman–Crippen LogP) is -6.87. The van der Waals surface area contributed by atoms with E-state index in [1.165, 1.54) is 0 Å². The molecule has 0 amide bonds. The zero-order valence-electron chi connectivity index (χ0n) is 9.54. The van der Waals surface area contributed by atoms with Crippen LogP contribution in [0.1, 0.15) is 0 Å². The van der Waals surface area contributed by atoms with Crippen LogP contribution in [-0.2, 0) is 51.1 Å². The van der Waals surface area contributed by atoms with Crippen molar-refractivity contribution in [2.45, 2.75) is 0 Å². The molecule has 0 spiro atoms. The van der Waals surface area contributed by atoms with Gasteiger partial charge >= 0.3 is 81.2 Å². The van der Waals surface area contributed by atoms with Crippen LogP contribution in [0.25, 0.3) is 0 Å². The predicted molar refractivity (Wildman–Crippen MR) is 43.2 cm³/mol. The number of carbonyl (C=O) groups is 6. The first-order valence-electron chi connectivity index (χ1n) is 3.30. The van der Waals surface area contributed by atoms with Gasteiger partial charge in [-0.25, -0.2) is 24.0 Å². The van der Waals surface area contributed by atoms with E-state index in [4.69, 9.17) is 59.4 Å². The molecule has 0 atom stereocenters. The molecule has 0 rings (SSSR count). The van der Waals surface area contributed by atoms with E-state index in [0.29, 0.717) is 0 Å². The Morgan fingerprint density at radius 3 is 0.650 bits per heavy atom. The minimum absolute atomic E-state index is 0. The molecule has 1 radical (unpaired) electrons. The van der Waals surface area contributed by atoms with Crippen LogP contribution in [0, 0.1) is 0 Å². The summed E-state index contributed by atoms with van der Waals surface area (Å²) in [6.45, 7) is 0. The third-order valence-corrected chi connectivity index (χ3v) is 0.541. The Hall–Kier alpha value is -0.803. The molecule has 5 N–H and O–H groups in total. The first-order valence-corrected chi connectivity index (χ1v) is 3.30. The zero-order valence-corrected chi connectivity index (χ0v) is 14.9. The van der Waals surface area contributed by atoms with Crippen molar-refractivity contribution in [3.8, 4) is 0 Å². The molecule has 0 unspecified atom stereocenters. The van der Waals surface area contributed by atoms with Crippen LogP contribution in [0.2, 0.25) is 0 Å². The van der Waals surface area contributed by atoms with Crippen LogP contribution in [0.5, 0.6) is 0 Å². The van der Waals surface area contributed by atoms with Crippen molar-refractivity contribution in [1.82, 2.24) is 0 Å². The molecule has 0 aromatic carbocycles. The smallest absolute Gasteiger partial charge is 0.539 e. The van der Waals surface area contributed by atoms with E-state index in [1.54, 1.807) is 0 Å². The van der Waals surface area contributed by atoms with Crippen molar-refractivity contribution in [2.24, 2.45) is 0 Å². The molecule has 0 heterocycles. The zero-order chi connectivity index (χ0) is 15.5. The second-order valence-electron chi connectivity index (χ2n) is 1.81. The largest absolute Gasteiger partial charge is 1.00 e. The molecule has 0 aliphatic rings. The summed E-state index contributed by atoms with van der Waals surface area (Å²) in [6, 6.07) is 0. The van der Waals surface area contributed by atoms with Crippen LogP contribution in [0.4, 0.5) is 0 Å². The third kappa shape index (κ3) is 36.0. The Kier molecular flexibility index (Phi) is 28.7. The average Bonchev–Trinajstić information content (AvgIpc) is 2.18. The maximum absolute atomic E-state index is 9.10. The summed E-state index contributed by atoms with van der Waals surface area (Å²) in [4.78, 5) is 54.4. The number of rotatable bonds is 0. The van der Waals surface area contributed by atoms with Crippen LogP contribution in [-0.4, -0.2) is 61.3 Å². The standard InChI is InChI=1S/3C2H2O4.K.Nb/c3*3-1(4)2(5)6;;/h3*(H,3,4)(H,5,6);;/q;;;+1;/p-1. The van der Waals surface area contributed by atoms with Crippen molar-refractivity contribution in [2.75, 3.05) is 0 Å². The maximum atomic E-state index is 9.10. The first kappa shape index (κ1) is 31.5. The summed E-state index contributed by atoms with van der Waals surface area (Å²) in [5.74, 6) is -11.3. The number of hydrogen-bond donors (Lipinski definition) is 5. The van der Waals surface area contributed by atoms with Gasteiger partial charge in [-0.05, 0) is 0 Å². The fourth-order valence-corrected chi connectivity index (χ4v) is 0. The van der Waals surface area contributed by atoms with Gasteiger partial charge < -0.3 is 35.4 Å². The molecule has 0 saturated carbocycles. The number of aliphatic carboxylic acids is 6. The second-order valence-corrected chi connectivity index (χ2v) is 1.81. The van der Waals surface area contributed by atoms with Gasteiger partial charge in [0.1, 0.15) is 0 Å². The molecule has 20 heavy (non-hydrogen) atoms. The minimum atomic E-state index is -2.07. The molecule has 0 aromatic rings.